The minimum Gasteiger partial charge on any atom is -0.329 e. The highest BCUT2D eigenvalue weighted by Gasteiger charge is 2.44. The van der Waals surface area contributed by atoms with E-state index < -0.39 is 35.4 Å². The summed E-state index contributed by atoms with van der Waals surface area (Å²) in [5.41, 5.74) is 15.3. The van der Waals surface area contributed by atoms with E-state index in [0.717, 1.165) is 107 Å². The van der Waals surface area contributed by atoms with Crippen molar-refractivity contribution in [1.29, 1.82) is 0 Å². The van der Waals surface area contributed by atoms with Crippen molar-refractivity contribution in [3.05, 3.63) is 298 Å². The fraction of sp³-hybridized carbons (Fsp3) is 0.114. The molecule has 384 valence electrons. The number of anilines is 4. The maximum absolute atomic E-state index is 15.6. The van der Waals surface area contributed by atoms with Crippen LogP contribution in [-0.4, -0.2) is 6.04 Å². The lowest BCUT2D eigenvalue weighted by Gasteiger charge is -2.44. The summed E-state index contributed by atoms with van der Waals surface area (Å²) in [6, 6.07) is 54.9. The molecule has 2 unspecified atom stereocenters. The molecule has 0 spiro atoms. The van der Waals surface area contributed by atoms with Gasteiger partial charge in [0.25, 0.3) is 0 Å². The number of alkyl halides is 6. The molecule has 8 aromatic carbocycles. The highest BCUT2D eigenvalue weighted by Crippen LogP contribution is 2.55. The first kappa shape index (κ1) is 50.0. The molecule has 4 aliphatic rings. The van der Waals surface area contributed by atoms with Crippen molar-refractivity contribution in [2.24, 2.45) is 5.92 Å². The van der Waals surface area contributed by atoms with E-state index in [-0.39, 0.29) is 11.4 Å². The molecular weight excluding hydrogens is 983 g/mol. The van der Waals surface area contributed by atoms with Gasteiger partial charge in [-0.2, -0.15) is 26.3 Å². The van der Waals surface area contributed by atoms with Crippen LogP contribution in [0.1, 0.15) is 33.4 Å². The number of rotatable bonds is 10. The summed E-state index contributed by atoms with van der Waals surface area (Å²) in [4.78, 5) is 3.57. The lowest BCUT2D eigenvalue weighted by Crippen LogP contribution is -2.38. The molecule has 8 heteroatoms. The first-order valence-electron chi connectivity index (χ1n) is 26.0. The van der Waals surface area contributed by atoms with Crippen molar-refractivity contribution < 1.29 is 26.3 Å². The largest absolute Gasteiger partial charge is 0.418 e. The van der Waals surface area contributed by atoms with Gasteiger partial charge < -0.3 is 9.80 Å². The van der Waals surface area contributed by atoms with Crippen molar-refractivity contribution >= 4 is 22.7 Å². The summed E-state index contributed by atoms with van der Waals surface area (Å²) in [6.07, 6.45) is 6.40. The Hall–Kier alpha value is -8.88. The molecule has 0 saturated carbocycles. The Labute approximate surface area is 451 Å². The van der Waals surface area contributed by atoms with Gasteiger partial charge in [0.2, 0.25) is 0 Å². The van der Waals surface area contributed by atoms with Crippen LogP contribution in [-0.2, 0) is 12.4 Å². The van der Waals surface area contributed by atoms with Gasteiger partial charge in [-0.25, -0.2) is 0 Å². The van der Waals surface area contributed by atoms with E-state index >= 15 is 26.3 Å². The molecule has 12 rings (SSSR count). The first-order valence-corrected chi connectivity index (χ1v) is 26.0. The van der Waals surface area contributed by atoms with Crippen LogP contribution in [0.4, 0.5) is 49.1 Å². The summed E-state index contributed by atoms with van der Waals surface area (Å²) in [6.45, 7) is 8.06. The van der Waals surface area contributed by atoms with E-state index in [0.29, 0.717) is 17.1 Å². The molecule has 0 aliphatic heterocycles. The molecule has 2 atom stereocenters. The SMILES string of the molecule is Cc1cccc(-c2ccc(N(C3=C4C=CC5=C6C(=CC=C(C=C3)C46)C(N(c3ccc(-c4cccc(C)c4)cc3-c3cccc(C)c3)c3ccccc3C(F)(F)F)C=C5)c3ccccc3C(F)(F)F)c(-c3cccc(C)c3)c2)c1. The number of hydrogen-bond donors (Lipinski definition) is 0. The third kappa shape index (κ3) is 9.15. The Bertz CT molecular complexity index is 3970. The number of allylic oxidation sites excluding steroid dienone is 10. The van der Waals surface area contributed by atoms with Crippen LogP contribution in [0.25, 0.3) is 44.5 Å². The van der Waals surface area contributed by atoms with Crippen LogP contribution in [0.3, 0.4) is 0 Å². The summed E-state index contributed by atoms with van der Waals surface area (Å²) in [5, 5.41) is 0. The second-order valence-electron chi connectivity index (χ2n) is 20.6. The van der Waals surface area contributed by atoms with Crippen molar-refractivity contribution in [2.45, 2.75) is 46.1 Å². The molecule has 78 heavy (non-hydrogen) atoms. The molecule has 0 fully saturated rings. The Kier molecular flexibility index (Phi) is 12.6. The molecule has 0 saturated heterocycles. The molecule has 0 amide bonds. The minimum absolute atomic E-state index is 0.0179. The lowest BCUT2D eigenvalue weighted by molar-refractivity contribution is -0.137. The van der Waals surface area contributed by atoms with Gasteiger partial charge in [0, 0.05) is 22.7 Å². The van der Waals surface area contributed by atoms with E-state index in [1.165, 1.54) is 18.2 Å². The molecule has 0 aromatic heterocycles. The van der Waals surface area contributed by atoms with Gasteiger partial charge in [0.05, 0.1) is 39.9 Å². The van der Waals surface area contributed by atoms with Gasteiger partial charge in [-0.1, -0.05) is 198 Å². The highest BCUT2D eigenvalue weighted by atomic mass is 19.4. The zero-order valence-corrected chi connectivity index (χ0v) is 43.3. The Morgan fingerprint density at radius 2 is 0.885 bits per heavy atom. The Balaban J connectivity index is 1.06. The van der Waals surface area contributed by atoms with Gasteiger partial charge >= 0.3 is 12.4 Å². The maximum atomic E-state index is 15.6. The van der Waals surface area contributed by atoms with Crippen LogP contribution >= 0.6 is 0 Å². The van der Waals surface area contributed by atoms with Crippen LogP contribution in [0.2, 0.25) is 0 Å². The van der Waals surface area contributed by atoms with Gasteiger partial charge in [-0.3, -0.25) is 0 Å². The van der Waals surface area contributed by atoms with Gasteiger partial charge in [0.1, 0.15) is 0 Å². The zero-order chi connectivity index (χ0) is 54.0. The average Bonchev–Trinajstić information content (AvgIpc) is 3.63. The van der Waals surface area contributed by atoms with E-state index in [4.69, 9.17) is 0 Å². The van der Waals surface area contributed by atoms with Crippen LogP contribution in [0.15, 0.2) is 264 Å². The molecule has 0 radical (unpaired) electrons. The van der Waals surface area contributed by atoms with Gasteiger partial charge in [-0.15, -0.1) is 0 Å². The minimum atomic E-state index is -4.72. The van der Waals surface area contributed by atoms with Crippen molar-refractivity contribution in [3.63, 3.8) is 0 Å². The molecule has 8 aromatic rings. The van der Waals surface area contributed by atoms with E-state index in [1.807, 2.05) is 178 Å². The maximum Gasteiger partial charge on any atom is 0.418 e. The van der Waals surface area contributed by atoms with Crippen LogP contribution in [0.5, 0.6) is 0 Å². The monoisotopic (exact) mass is 1030 g/mol. The Morgan fingerprint density at radius 1 is 0.397 bits per heavy atom. The second kappa shape index (κ2) is 19.6. The summed E-state index contributed by atoms with van der Waals surface area (Å²) in [5.74, 6) is -0.494. The third-order valence-electron chi connectivity index (χ3n) is 15.3. The number of aryl methyl sites for hydroxylation is 4. The standard InChI is InChI=1S/C70H52F6N2/c1-43-13-9-17-49(37-43)51-29-35-63(57(41-51)53-19-11-15-45(3)39-53)77(65-23-7-5-21-59(65)69(71,72)73)61-33-27-47-26-32-56-62(34-28-48-25-31-55(61)67(47)68(48)56)78(66-24-8-6-22-60(66)70(74,75)76)64-36-30-52(50-18-10-14-44(2)38-50)42-58(64)54-20-12-16-46(4)40-54/h5-42,61,68H,1-4H3. The van der Waals surface area contributed by atoms with E-state index in [2.05, 4.69) is 36.4 Å². The quantitative estimate of drug-likeness (QED) is 0.126. The lowest BCUT2D eigenvalue weighted by atomic mass is 9.67. The summed E-state index contributed by atoms with van der Waals surface area (Å²) in [7, 11) is 0. The predicted molar refractivity (Wildman–Crippen MR) is 306 cm³/mol. The molecule has 2 nitrogen and oxygen atoms in total. The smallest absolute Gasteiger partial charge is 0.329 e. The molecular formula is C70H52F6N2. The van der Waals surface area contributed by atoms with Crippen molar-refractivity contribution in [1.82, 2.24) is 0 Å². The van der Waals surface area contributed by atoms with Gasteiger partial charge in [-0.05, 0) is 144 Å². The number of nitrogens with zero attached hydrogens (tertiary/aromatic N) is 2. The van der Waals surface area contributed by atoms with Crippen LogP contribution in [0, 0.1) is 33.6 Å². The zero-order valence-electron chi connectivity index (χ0n) is 43.3. The predicted octanol–water partition coefficient (Wildman–Crippen LogP) is 19.7. The molecule has 4 aliphatic carbocycles. The van der Waals surface area contributed by atoms with E-state index in [9.17, 15) is 0 Å². The summed E-state index contributed by atoms with van der Waals surface area (Å²) >= 11 is 0. The molecule has 0 bridgehead atoms. The normalized spacial score (nSPS) is 16.5. The number of halogens is 6. The topological polar surface area (TPSA) is 6.48 Å². The summed E-state index contributed by atoms with van der Waals surface area (Å²) < 4.78 is 93.4. The third-order valence-corrected chi connectivity index (χ3v) is 15.3. The molecule has 0 heterocycles. The molecule has 0 N–H and O–H groups in total. The van der Waals surface area contributed by atoms with Crippen molar-refractivity contribution in [2.75, 3.05) is 9.80 Å². The van der Waals surface area contributed by atoms with Crippen LogP contribution < -0.4 is 9.80 Å². The fourth-order valence-electron chi connectivity index (χ4n) is 11.7. The Morgan fingerprint density at radius 3 is 1.45 bits per heavy atom. The number of benzene rings is 8. The van der Waals surface area contributed by atoms with Gasteiger partial charge in [0.15, 0.2) is 0 Å². The van der Waals surface area contributed by atoms with E-state index in [1.54, 1.807) is 23.1 Å². The average molecular weight is 1040 g/mol. The highest BCUT2D eigenvalue weighted by molar-refractivity contribution is 5.92. The number of para-hydroxylation sites is 2. The fourth-order valence-corrected chi connectivity index (χ4v) is 11.7. The first-order chi connectivity index (χ1) is 37.6. The number of hydrogen-bond acceptors (Lipinski definition) is 2. The second-order valence-corrected chi connectivity index (χ2v) is 20.6. The van der Waals surface area contributed by atoms with Crippen molar-refractivity contribution in [3.8, 4) is 44.5 Å².